The number of ether oxygens (including phenoxy) is 1. The van der Waals surface area contributed by atoms with Crippen LogP contribution >= 0.6 is 0 Å². The Bertz CT molecular complexity index is 356. The molecule has 1 aliphatic carbocycles. The van der Waals surface area contributed by atoms with Crippen LogP contribution in [0.1, 0.15) is 57.1 Å². The van der Waals surface area contributed by atoms with Crippen molar-refractivity contribution < 1.29 is 9.53 Å². The van der Waals surface area contributed by atoms with E-state index in [9.17, 15) is 4.79 Å². The van der Waals surface area contributed by atoms with Gasteiger partial charge in [0.25, 0.3) is 0 Å². The molecule has 19 heavy (non-hydrogen) atoms. The normalized spacial score (nSPS) is 16.4. The first kappa shape index (κ1) is 14.1. The second kappa shape index (κ2) is 7.97. The third kappa shape index (κ3) is 5.45. The van der Waals surface area contributed by atoms with Gasteiger partial charge in [-0.2, -0.15) is 0 Å². The van der Waals surface area contributed by atoms with Crippen LogP contribution in [0, 0.1) is 5.92 Å². The molecular weight excluding hydrogens is 240 g/mol. The van der Waals surface area contributed by atoms with Gasteiger partial charge in [0.2, 0.25) is 0 Å². The fraction of sp³-hybridized carbons (Fsp3) is 0.733. The Morgan fingerprint density at radius 3 is 2.95 bits per heavy atom. The van der Waals surface area contributed by atoms with Crippen LogP contribution in [-0.2, 0) is 16.0 Å². The lowest BCUT2D eigenvalue weighted by Gasteiger charge is -2.21. The third-order valence-electron chi connectivity index (χ3n) is 3.90. The number of rotatable bonds is 7. The maximum Gasteiger partial charge on any atom is 0.306 e. The fourth-order valence-corrected chi connectivity index (χ4v) is 2.76. The zero-order chi connectivity index (χ0) is 13.3. The molecule has 1 aromatic rings. The van der Waals surface area contributed by atoms with Gasteiger partial charge in [-0.15, -0.1) is 0 Å². The second-order valence-corrected chi connectivity index (χ2v) is 5.44. The molecule has 2 rings (SSSR count). The molecule has 106 valence electrons. The molecule has 0 amide bonds. The maximum absolute atomic E-state index is 11.5. The van der Waals surface area contributed by atoms with E-state index < -0.39 is 0 Å². The summed E-state index contributed by atoms with van der Waals surface area (Å²) in [5, 5.41) is 0. The SMILES string of the molecule is O=C(CCc1cnc[nH]1)OCCCC1CCCCC1. The van der Waals surface area contributed by atoms with Crippen molar-refractivity contribution in [2.75, 3.05) is 6.61 Å². The van der Waals surface area contributed by atoms with E-state index in [1.54, 1.807) is 12.5 Å². The molecule has 0 aliphatic heterocycles. The summed E-state index contributed by atoms with van der Waals surface area (Å²) in [5.74, 6) is 0.774. The fourth-order valence-electron chi connectivity index (χ4n) is 2.76. The van der Waals surface area contributed by atoms with Crippen molar-refractivity contribution in [3.05, 3.63) is 18.2 Å². The van der Waals surface area contributed by atoms with Gasteiger partial charge in [-0.25, -0.2) is 4.98 Å². The van der Waals surface area contributed by atoms with Crippen molar-refractivity contribution in [3.63, 3.8) is 0 Å². The molecule has 1 heterocycles. The van der Waals surface area contributed by atoms with Crippen LogP contribution in [0.4, 0.5) is 0 Å². The van der Waals surface area contributed by atoms with Gasteiger partial charge in [-0.1, -0.05) is 32.1 Å². The molecule has 0 radical (unpaired) electrons. The smallest absolute Gasteiger partial charge is 0.306 e. The highest BCUT2D eigenvalue weighted by molar-refractivity contribution is 5.69. The number of aromatic amines is 1. The van der Waals surface area contributed by atoms with Gasteiger partial charge in [0.15, 0.2) is 0 Å². The van der Waals surface area contributed by atoms with Crippen LogP contribution < -0.4 is 0 Å². The topological polar surface area (TPSA) is 55.0 Å². The molecule has 0 aromatic carbocycles. The van der Waals surface area contributed by atoms with Crippen molar-refractivity contribution >= 4 is 5.97 Å². The van der Waals surface area contributed by atoms with Crippen LogP contribution in [0.15, 0.2) is 12.5 Å². The number of aromatic nitrogens is 2. The summed E-state index contributed by atoms with van der Waals surface area (Å²) in [7, 11) is 0. The zero-order valence-electron chi connectivity index (χ0n) is 11.6. The Morgan fingerprint density at radius 1 is 1.37 bits per heavy atom. The molecule has 0 atom stereocenters. The Kier molecular flexibility index (Phi) is 5.92. The van der Waals surface area contributed by atoms with E-state index in [1.807, 2.05) is 0 Å². The molecule has 1 fully saturated rings. The summed E-state index contributed by atoms with van der Waals surface area (Å²) in [4.78, 5) is 18.4. The average Bonchev–Trinajstić information content (AvgIpc) is 2.96. The van der Waals surface area contributed by atoms with Crippen molar-refractivity contribution in [3.8, 4) is 0 Å². The largest absolute Gasteiger partial charge is 0.466 e. The second-order valence-electron chi connectivity index (χ2n) is 5.44. The van der Waals surface area contributed by atoms with Gasteiger partial charge < -0.3 is 9.72 Å². The van der Waals surface area contributed by atoms with Gasteiger partial charge in [-0.05, 0) is 25.2 Å². The van der Waals surface area contributed by atoms with E-state index >= 15 is 0 Å². The first-order chi connectivity index (χ1) is 9.34. The first-order valence-corrected chi connectivity index (χ1v) is 7.47. The molecular formula is C15H24N2O2. The van der Waals surface area contributed by atoms with Crippen LogP contribution in [0.3, 0.4) is 0 Å². The standard InChI is InChI=1S/C15H24N2O2/c18-15(9-8-14-11-16-12-17-14)19-10-4-7-13-5-2-1-3-6-13/h11-13H,1-10H2,(H,16,17). The lowest BCUT2D eigenvalue weighted by molar-refractivity contribution is -0.143. The molecule has 0 spiro atoms. The average molecular weight is 264 g/mol. The number of esters is 1. The van der Waals surface area contributed by atoms with Gasteiger partial charge >= 0.3 is 5.97 Å². The summed E-state index contributed by atoms with van der Waals surface area (Å²) < 4.78 is 5.26. The van der Waals surface area contributed by atoms with Crippen LogP contribution in [0.2, 0.25) is 0 Å². The van der Waals surface area contributed by atoms with Crippen LogP contribution in [0.25, 0.3) is 0 Å². The molecule has 4 heteroatoms. The number of carbonyl (C=O) groups is 1. The molecule has 0 unspecified atom stereocenters. The van der Waals surface area contributed by atoms with Crippen molar-refractivity contribution in [2.24, 2.45) is 5.92 Å². The number of H-pyrrole nitrogens is 1. The highest BCUT2D eigenvalue weighted by Crippen LogP contribution is 2.27. The number of carbonyl (C=O) groups excluding carboxylic acids is 1. The van der Waals surface area contributed by atoms with Crippen molar-refractivity contribution in [2.45, 2.75) is 57.8 Å². The summed E-state index contributed by atoms with van der Waals surface area (Å²) in [6.07, 6.45) is 13.6. The Labute approximate surface area is 115 Å². The highest BCUT2D eigenvalue weighted by Gasteiger charge is 2.13. The number of imidazole rings is 1. The summed E-state index contributed by atoms with van der Waals surface area (Å²) in [6.45, 7) is 0.582. The Morgan fingerprint density at radius 2 is 2.21 bits per heavy atom. The van der Waals surface area contributed by atoms with Gasteiger partial charge in [0, 0.05) is 11.9 Å². The number of hydrogen-bond donors (Lipinski definition) is 1. The molecule has 4 nitrogen and oxygen atoms in total. The minimum Gasteiger partial charge on any atom is -0.466 e. The predicted molar refractivity (Wildman–Crippen MR) is 73.7 cm³/mol. The van der Waals surface area contributed by atoms with E-state index in [1.165, 1.54) is 38.5 Å². The highest BCUT2D eigenvalue weighted by atomic mass is 16.5. The van der Waals surface area contributed by atoms with E-state index in [-0.39, 0.29) is 5.97 Å². The number of aryl methyl sites for hydroxylation is 1. The van der Waals surface area contributed by atoms with Crippen molar-refractivity contribution in [1.82, 2.24) is 9.97 Å². The van der Waals surface area contributed by atoms with E-state index in [2.05, 4.69) is 9.97 Å². The molecule has 1 aromatic heterocycles. The third-order valence-corrected chi connectivity index (χ3v) is 3.90. The minimum atomic E-state index is -0.0988. The molecule has 1 saturated carbocycles. The molecule has 1 aliphatic rings. The van der Waals surface area contributed by atoms with E-state index in [4.69, 9.17) is 4.74 Å². The van der Waals surface area contributed by atoms with Gasteiger partial charge in [-0.3, -0.25) is 4.79 Å². The van der Waals surface area contributed by atoms with Crippen molar-refractivity contribution in [1.29, 1.82) is 0 Å². The lowest BCUT2D eigenvalue weighted by atomic mass is 9.86. The van der Waals surface area contributed by atoms with E-state index in [0.29, 0.717) is 19.4 Å². The lowest BCUT2D eigenvalue weighted by Crippen LogP contribution is -2.10. The monoisotopic (exact) mass is 264 g/mol. The van der Waals surface area contributed by atoms with Crippen LogP contribution in [0.5, 0.6) is 0 Å². The number of nitrogens with one attached hydrogen (secondary N) is 1. The van der Waals surface area contributed by atoms with E-state index in [0.717, 1.165) is 18.0 Å². The Balaban J connectivity index is 1.49. The quantitative estimate of drug-likeness (QED) is 0.607. The zero-order valence-corrected chi connectivity index (χ0v) is 11.6. The minimum absolute atomic E-state index is 0.0988. The summed E-state index contributed by atoms with van der Waals surface area (Å²) in [6, 6.07) is 0. The van der Waals surface area contributed by atoms with Crippen LogP contribution in [-0.4, -0.2) is 22.5 Å². The number of nitrogens with zero attached hydrogens (tertiary/aromatic N) is 1. The first-order valence-electron chi connectivity index (χ1n) is 7.47. The number of hydrogen-bond acceptors (Lipinski definition) is 3. The maximum atomic E-state index is 11.5. The summed E-state index contributed by atoms with van der Waals surface area (Å²) >= 11 is 0. The van der Waals surface area contributed by atoms with Gasteiger partial charge in [0.1, 0.15) is 0 Å². The molecule has 0 saturated heterocycles. The van der Waals surface area contributed by atoms with Gasteiger partial charge in [0.05, 0.1) is 19.4 Å². The Hall–Kier alpha value is -1.32. The summed E-state index contributed by atoms with van der Waals surface area (Å²) in [5.41, 5.74) is 0.985. The molecule has 0 bridgehead atoms. The predicted octanol–water partition coefficient (Wildman–Crippen LogP) is 3.25. The molecule has 1 N–H and O–H groups in total.